The molecule has 1 amide bonds. The Morgan fingerprint density at radius 1 is 0.673 bits per heavy atom. The topological polar surface area (TPSA) is 92.3 Å². The zero-order valence-electron chi connectivity index (χ0n) is 32.4. The average Bonchev–Trinajstić information content (AvgIpc) is 3.09. The number of amides is 1. The number of hydrogen-bond donors (Lipinski definition) is 1. The van der Waals surface area contributed by atoms with Crippen molar-refractivity contribution in [3.05, 3.63) is 24.2 Å². The first-order valence-electron chi connectivity index (χ1n) is 20.1. The van der Waals surface area contributed by atoms with Gasteiger partial charge in [-0.1, -0.05) is 149 Å². The van der Waals surface area contributed by atoms with Crippen LogP contribution in [0, 0.1) is 0 Å². The quantitative estimate of drug-likeness (QED) is 0.0393. The van der Waals surface area contributed by atoms with Gasteiger partial charge >= 0.3 is 12.1 Å². The van der Waals surface area contributed by atoms with E-state index in [9.17, 15) is 9.59 Å². The molecule has 288 valence electrons. The molecule has 49 heavy (non-hydrogen) atoms. The van der Waals surface area contributed by atoms with Crippen LogP contribution in [0.3, 0.4) is 0 Å². The van der Waals surface area contributed by atoms with E-state index in [4.69, 9.17) is 23.7 Å². The largest absolute Gasteiger partial charge is 0.502 e. The van der Waals surface area contributed by atoms with Crippen molar-refractivity contribution in [2.24, 2.45) is 0 Å². The summed E-state index contributed by atoms with van der Waals surface area (Å²) in [5.41, 5.74) is 0. The van der Waals surface area contributed by atoms with Gasteiger partial charge in [-0.25, -0.2) is 4.79 Å². The van der Waals surface area contributed by atoms with E-state index in [-0.39, 0.29) is 25.3 Å². The Kier molecular flexibility index (Phi) is 35.4. The van der Waals surface area contributed by atoms with Gasteiger partial charge in [0, 0.05) is 25.8 Å². The number of unbranched alkanes of at least 4 members (excludes halogenated alkanes) is 20. The van der Waals surface area contributed by atoms with Crippen LogP contribution >= 0.6 is 0 Å². The number of nitrogens with one attached hydrogen (secondary N) is 1. The second kappa shape index (κ2) is 37.0. The molecule has 0 aliphatic rings. The summed E-state index contributed by atoms with van der Waals surface area (Å²) < 4.78 is 27.4. The number of alkyl carbamates (subject to hydrolysis) is 1. The highest BCUT2D eigenvalue weighted by Crippen LogP contribution is 2.17. The monoisotopic (exact) mass is 696 g/mol. The third-order valence-corrected chi connectivity index (χ3v) is 8.81. The average molecular weight is 696 g/mol. The van der Waals surface area contributed by atoms with Crippen LogP contribution in [-0.2, 0) is 28.5 Å². The van der Waals surface area contributed by atoms with Gasteiger partial charge in [-0.15, -0.1) is 0 Å². The summed E-state index contributed by atoms with van der Waals surface area (Å²) in [5.74, 6) is 1.29. The summed E-state index contributed by atoms with van der Waals surface area (Å²) in [6, 6.07) is 0. The van der Waals surface area contributed by atoms with Crippen LogP contribution in [0.15, 0.2) is 24.2 Å². The highest BCUT2D eigenvalue weighted by atomic mass is 16.6. The summed E-state index contributed by atoms with van der Waals surface area (Å²) in [7, 11) is 1.61. The predicted octanol–water partition coefficient (Wildman–Crippen LogP) is 11.5. The van der Waals surface area contributed by atoms with Gasteiger partial charge in [-0.3, -0.25) is 4.79 Å². The Hall–Kier alpha value is -2.22. The molecule has 0 heterocycles. The smallest absolute Gasteiger partial charge is 0.407 e. The molecular formula is C41H77NO7. The van der Waals surface area contributed by atoms with Gasteiger partial charge in [-0.05, 0) is 25.8 Å². The van der Waals surface area contributed by atoms with Crippen molar-refractivity contribution >= 4 is 12.1 Å². The maximum atomic E-state index is 12.5. The normalized spacial score (nSPS) is 12.0. The molecule has 0 spiro atoms. The number of rotatable bonds is 37. The Labute approximate surface area is 301 Å². The lowest BCUT2D eigenvalue weighted by molar-refractivity contribution is -0.147. The molecule has 0 aromatic carbocycles. The predicted molar refractivity (Wildman–Crippen MR) is 203 cm³/mol. The van der Waals surface area contributed by atoms with Crippen molar-refractivity contribution in [1.29, 1.82) is 0 Å². The molecule has 1 unspecified atom stereocenters. The number of methoxy groups -OCH3 is 1. The zero-order valence-corrected chi connectivity index (χ0v) is 32.4. The zero-order chi connectivity index (χ0) is 36.0. The number of carbonyl (C=O) groups excluding carboxylic acids is 2. The molecule has 0 saturated carbocycles. The van der Waals surface area contributed by atoms with Crippen molar-refractivity contribution in [2.75, 3.05) is 40.1 Å². The first-order chi connectivity index (χ1) is 23.9. The standard InChI is InChI=1S/C41H77NO7/c1-6-8-10-12-14-16-18-20-22-24-26-28-38(4)49-39(30-32-42-41(44)47-35-34-46-33-31-37(3)45-5)36-48-40(43)29-27-25-23-21-19-17-15-13-11-9-7-2/h31,39H,4,6-30,32-36H2,1-3,5H3,(H,42,44)/b37-31-. The van der Waals surface area contributed by atoms with Crippen molar-refractivity contribution in [3.63, 3.8) is 0 Å². The van der Waals surface area contributed by atoms with Crippen LogP contribution in [0.2, 0.25) is 0 Å². The van der Waals surface area contributed by atoms with Crippen molar-refractivity contribution in [2.45, 2.75) is 187 Å². The van der Waals surface area contributed by atoms with E-state index in [2.05, 4.69) is 25.7 Å². The van der Waals surface area contributed by atoms with E-state index >= 15 is 0 Å². The van der Waals surface area contributed by atoms with Gasteiger partial charge < -0.3 is 29.0 Å². The van der Waals surface area contributed by atoms with Gasteiger partial charge in [0.25, 0.3) is 0 Å². The summed E-state index contributed by atoms with van der Waals surface area (Å²) in [5, 5.41) is 2.76. The minimum absolute atomic E-state index is 0.146. The van der Waals surface area contributed by atoms with Gasteiger partial charge in [0.1, 0.15) is 19.3 Å². The van der Waals surface area contributed by atoms with E-state index in [0.717, 1.165) is 37.9 Å². The molecule has 0 aromatic heterocycles. The summed E-state index contributed by atoms with van der Waals surface area (Å²) in [6.07, 6.45) is 30.5. The highest BCUT2D eigenvalue weighted by Gasteiger charge is 2.16. The van der Waals surface area contributed by atoms with Crippen LogP contribution in [-0.4, -0.2) is 58.2 Å². The second-order valence-corrected chi connectivity index (χ2v) is 13.5. The maximum Gasteiger partial charge on any atom is 0.407 e. The molecule has 0 fully saturated rings. The number of allylic oxidation sites excluding steroid dienone is 2. The van der Waals surface area contributed by atoms with E-state index in [1.54, 1.807) is 7.11 Å². The van der Waals surface area contributed by atoms with Gasteiger partial charge in [0.2, 0.25) is 0 Å². The van der Waals surface area contributed by atoms with Crippen LogP contribution in [0.25, 0.3) is 0 Å². The first kappa shape index (κ1) is 46.8. The van der Waals surface area contributed by atoms with Crippen molar-refractivity contribution < 1.29 is 33.3 Å². The van der Waals surface area contributed by atoms with E-state index in [1.165, 1.54) is 116 Å². The third-order valence-electron chi connectivity index (χ3n) is 8.81. The third kappa shape index (κ3) is 35.4. The summed E-state index contributed by atoms with van der Waals surface area (Å²) in [6.45, 7) is 11.8. The number of carbonyl (C=O) groups is 2. The Morgan fingerprint density at radius 2 is 1.16 bits per heavy atom. The molecule has 1 atom stereocenters. The minimum Gasteiger partial charge on any atom is -0.502 e. The van der Waals surface area contributed by atoms with Crippen LogP contribution in [0.5, 0.6) is 0 Å². The molecule has 1 N–H and O–H groups in total. The Balaban J connectivity index is 4.36. The molecule has 0 radical (unpaired) electrons. The Morgan fingerprint density at radius 3 is 1.67 bits per heavy atom. The van der Waals surface area contributed by atoms with Crippen LogP contribution in [0.4, 0.5) is 4.79 Å². The fraction of sp³-hybridized carbons (Fsp3) is 0.854. The molecule has 0 aromatic rings. The maximum absolute atomic E-state index is 12.5. The van der Waals surface area contributed by atoms with Crippen molar-refractivity contribution in [3.8, 4) is 0 Å². The fourth-order valence-electron chi connectivity index (χ4n) is 5.57. The molecule has 0 aliphatic carbocycles. The SMILES string of the molecule is C=C(CCCCCCCCCCCCC)OC(CCNC(=O)OCCOC/C=C(/C)OC)COC(=O)CCCCCCCCCCCCC. The number of hydrogen-bond acceptors (Lipinski definition) is 7. The lowest BCUT2D eigenvalue weighted by Gasteiger charge is -2.21. The highest BCUT2D eigenvalue weighted by molar-refractivity contribution is 5.69. The summed E-state index contributed by atoms with van der Waals surface area (Å²) in [4.78, 5) is 24.6. The summed E-state index contributed by atoms with van der Waals surface area (Å²) >= 11 is 0. The van der Waals surface area contributed by atoms with E-state index in [0.29, 0.717) is 38.4 Å². The molecule has 0 rings (SSSR count). The van der Waals surface area contributed by atoms with E-state index in [1.807, 2.05) is 13.0 Å². The van der Waals surface area contributed by atoms with Crippen LogP contribution in [0.1, 0.15) is 181 Å². The van der Waals surface area contributed by atoms with E-state index < -0.39 is 6.09 Å². The number of ether oxygens (including phenoxy) is 5. The van der Waals surface area contributed by atoms with Gasteiger partial charge in [0.15, 0.2) is 0 Å². The van der Waals surface area contributed by atoms with Crippen molar-refractivity contribution in [1.82, 2.24) is 5.32 Å². The van der Waals surface area contributed by atoms with Crippen LogP contribution < -0.4 is 5.32 Å². The molecule has 0 saturated heterocycles. The lowest BCUT2D eigenvalue weighted by atomic mass is 10.1. The molecule has 8 heteroatoms. The molecular weight excluding hydrogens is 618 g/mol. The lowest BCUT2D eigenvalue weighted by Crippen LogP contribution is -2.31. The first-order valence-corrected chi connectivity index (χ1v) is 20.1. The number of esters is 1. The Bertz CT molecular complexity index is 801. The second-order valence-electron chi connectivity index (χ2n) is 13.5. The van der Waals surface area contributed by atoms with Gasteiger partial charge in [0.05, 0.1) is 31.8 Å². The molecule has 0 bridgehead atoms. The minimum atomic E-state index is -0.515. The van der Waals surface area contributed by atoms with Gasteiger partial charge in [-0.2, -0.15) is 0 Å². The fourth-order valence-corrected chi connectivity index (χ4v) is 5.57. The molecule has 0 aliphatic heterocycles. The molecule has 8 nitrogen and oxygen atoms in total.